The van der Waals surface area contributed by atoms with E-state index in [0.29, 0.717) is 32.4 Å². The second-order valence-corrected chi connectivity index (χ2v) is 9.04. The molecule has 1 aromatic carbocycles. The smallest absolute Gasteiger partial charge is 0.431 e. The zero-order valence-corrected chi connectivity index (χ0v) is 20.6. The number of rotatable bonds is 12. The van der Waals surface area contributed by atoms with Crippen LogP contribution in [0.25, 0.3) is 0 Å². The molecule has 0 aliphatic rings. The number of carbonyl (C=O) groups is 3. The van der Waals surface area contributed by atoms with E-state index in [-0.39, 0.29) is 28.0 Å². The molecule has 0 fully saturated rings. The summed E-state index contributed by atoms with van der Waals surface area (Å²) >= 11 is 0. The quantitative estimate of drug-likeness (QED) is 0.326. The van der Waals surface area contributed by atoms with Crippen LogP contribution in [0.3, 0.4) is 0 Å². The number of pyridine rings is 1. The summed E-state index contributed by atoms with van der Waals surface area (Å²) in [5.74, 6) is -1.50. The van der Waals surface area contributed by atoms with Crippen molar-refractivity contribution >= 4 is 28.0 Å². The van der Waals surface area contributed by atoms with Gasteiger partial charge in [0.15, 0.2) is 0 Å². The molecule has 1 heterocycles. The van der Waals surface area contributed by atoms with Gasteiger partial charge in [-0.15, -0.1) is 0 Å². The van der Waals surface area contributed by atoms with E-state index >= 15 is 0 Å². The van der Waals surface area contributed by atoms with Crippen LogP contribution in [0.1, 0.15) is 53.8 Å². The minimum Gasteiger partial charge on any atom is -0.431 e. The van der Waals surface area contributed by atoms with Gasteiger partial charge in [0.05, 0.1) is 10.5 Å². The number of methoxy groups -OCH3 is 1. The highest BCUT2D eigenvalue weighted by molar-refractivity contribution is 7.90. The monoisotopic (exact) mass is 507 g/mol. The number of nitrogens with zero attached hydrogens (tertiary/aromatic N) is 1. The molecule has 35 heavy (non-hydrogen) atoms. The Labute approximate surface area is 204 Å². The summed E-state index contributed by atoms with van der Waals surface area (Å²) < 4.78 is 42.3. The van der Waals surface area contributed by atoms with Crippen LogP contribution in [-0.2, 0) is 19.5 Å². The minimum absolute atomic E-state index is 0.0821. The summed E-state index contributed by atoms with van der Waals surface area (Å²) in [5, 5.41) is 2.66. The summed E-state index contributed by atoms with van der Waals surface area (Å²) in [6.45, 7) is 4.58. The number of hydrogen-bond acceptors (Lipinski definition) is 9. The van der Waals surface area contributed by atoms with Crippen LogP contribution in [0.4, 0.5) is 4.79 Å². The largest absolute Gasteiger partial charge is 0.515 e. The van der Waals surface area contributed by atoms with Crippen LogP contribution >= 0.6 is 0 Å². The fraction of sp³-hybridized carbons (Fsp3) is 0.391. The highest BCUT2D eigenvalue weighted by Crippen LogP contribution is 2.14. The van der Waals surface area contributed by atoms with Gasteiger partial charge in [-0.05, 0) is 43.5 Å². The topological polar surface area (TPSA) is 150 Å². The molecule has 0 bridgehead atoms. The average molecular weight is 508 g/mol. The van der Waals surface area contributed by atoms with E-state index in [9.17, 15) is 22.8 Å². The standard InChI is InChI=1S/C23H29N3O8S/c1-4-18(5-2)33-23(29)34-20-11-10-17(15-25-20)22(28)26-35(30,31)19-9-6-8-16(14-19)21(27)24-12-7-13-32-3/h6,8-11,14-15,18H,4-5,7,12-13H2,1-3H3,(H,24,27)(H,26,28). The molecular formula is C23H29N3O8S. The Morgan fingerprint density at radius 2 is 1.77 bits per heavy atom. The van der Waals surface area contributed by atoms with E-state index in [0.717, 1.165) is 6.20 Å². The van der Waals surface area contributed by atoms with E-state index < -0.39 is 28.0 Å². The molecule has 190 valence electrons. The lowest BCUT2D eigenvalue weighted by Crippen LogP contribution is -2.31. The number of benzene rings is 1. The van der Waals surface area contributed by atoms with E-state index in [1.807, 2.05) is 18.6 Å². The third-order valence-electron chi connectivity index (χ3n) is 4.80. The summed E-state index contributed by atoms with van der Waals surface area (Å²) in [4.78, 5) is 40.1. The molecule has 11 nitrogen and oxygen atoms in total. The predicted octanol–water partition coefficient (Wildman–Crippen LogP) is 2.67. The van der Waals surface area contributed by atoms with Crippen molar-refractivity contribution < 1.29 is 37.0 Å². The fourth-order valence-electron chi connectivity index (χ4n) is 2.84. The first-order chi connectivity index (χ1) is 16.7. The minimum atomic E-state index is -4.27. The molecule has 0 saturated carbocycles. The molecule has 0 saturated heterocycles. The van der Waals surface area contributed by atoms with Gasteiger partial charge in [0.2, 0.25) is 5.88 Å². The predicted molar refractivity (Wildman–Crippen MR) is 126 cm³/mol. The Morgan fingerprint density at radius 1 is 1.03 bits per heavy atom. The second kappa shape index (κ2) is 13.4. The zero-order valence-electron chi connectivity index (χ0n) is 19.8. The summed E-state index contributed by atoms with van der Waals surface area (Å²) in [6, 6.07) is 7.78. The van der Waals surface area contributed by atoms with Crippen molar-refractivity contribution in [1.82, 2.24) is 15.0 Å². The van der Waals surface area contributed by atoms with Crippen molar-refractivity contribution in [3.63, 3.8) is 0 Å². The van der Waals surface area contributed by atoms with Gasteiger partial charge in [-0.2, -0.15) is 0 Å². The Balaban J connectivity index is 2.02. The van der Waals surface area contributed by atoms with Crippen molar-refractivity contribution in [2.24, 2.45) is 0 Å². The van der Waals surface area contributed by atoms with Gasteiger partial charge < -0.3 is 19.5 Å². The molecule has 0 aliphatic heterocycles. The van der Waals surface area contributed by atoms with E-state index in [1.54, 1.807) is 7.11 Å². The molecular weight excluding hydrogens is 478 g/mol. The molecule has 2 N–H and O–H groups in total. The third-order valence-corrected chi connectivity index (χ3v) is 6.13. The Kier molecular flexibility index (Phi) is 10.6. The number of nitrogens with one attached hydrogen (secondary N) is 2. The SMILES string of the molecule is CCC(CC)OC(=O)Oc1ccc(C(=O)NS(=O)(=O)c2cccc(C(=O)NCCCOC)c2)cn1. The summed E-state index contributed by atoms with van der Waals surface area (Å²) in [5.41, 5.74) is 0.0440. The average Bonchev–Trinajstić information content (AvgIpc) is 2.85. The molecule has 2 amide bonds. The van der Waals surface area contributed by atoms with E-state index in [1.165, 1.54) is 36.4 Å². The molecule has 1 aromatic heterocycles. The molecule has 0 unspecified atom stereocenters. The van der Waals surface area contributed by atoms with Gasteiger partial charge in [-0.3, -0.25) is 9.59 Å². The Bertz CT molecular complexity index is 1120. The fourth-order valence-corrected chi connectivity index (χ4v) is 3.86. The maximum absolute atomic E-state index is 12.7. The lowest BCUT2D eigenvalue weighted by molar-refractivity contribution is 0.0538. The second-order valence-electron chi connectivity index (χ2n) is 7.36. The van der Waals surface area contributed by atoms with Crippen LogP contribution < -0.4 is 14.8 Å². The van der Waals surface area contributed by atoms with Gasteiger partial charge in [-0.1, -0.05) is 19.9 Å². The molecule has 0 aliphatic carbocycles. The van der Waals surface area contributed by atoms with Crippen molar-refractivity contribution in [3.8, 4) is 5.88 Å². The van der Waals surface area contributed by atoms with Crippen LogP contribution in [0.15, 0.2) is 47.5 Å². The highest BCUT2D eigenvalue weighted by atomic mass is 32.2. The molecule has 2 aromatic rings. The maximum atomic E-state index is 12.7. The first kappa shape index (κ1) is 27.7. The molecule has 12 heteroatoms. The van der Waals surface area contributed by atoms with Crippen molar-refractivity contribution in [2.75, 3.05) is 20.3 Å². The number of ether oxygens (including phenoxy) is 3. The first-order valence-corrected chi connectivity index (χ1v) is 12.5. The summed E-state index contributed by atoms with van der Waals surface area (Å²) in [7, 11) is -2.72. The number of hydrogen-bond donors (Lipinski definition) is 2. The number of sulfonamides is 1. The lowest BCUT2D eigenvalue weighted by atomic mass is 10.2. The van der Waals surface area contributed by atoms with Crippen LogP contribution in [0.5, 0.6) is 5.88 Å². The van der Waals surface area contributed by atoms with Crippen LogP contribution in [0.2, 0.25) is 0 Å². The maximum Gasteiger partial charge on any atom is 0.515 e. The van der Waals surface area contributed by atoms with Crippen molar-refractivity contribution in [2.45, 2.75) is 44.1 Å². The highest BCUT2D eigenvalue weighted by Gasteiger charge is 2.21. The van der Waals surface area contributed by atoms with Crippen molar-refractivity contribution in [1.29, 1.82) is 0 Å². The third kappa shape index (κ3) is 8.65. The van der Waals surface area contributed by atoms with Crippen molar-refractivity contribution in [3.05, 3.63) is 53.7 Å². The number of aromatic nitrogens is 1. The van der Waals surface area contributed by atoms with Gasteiger partial charge in [-0.25, -0.2) is 22.9 Å². The molecule has 0 radical (unpaired) electrons. The molecule has 2 rings (SSSR count). The van der Waals surface area contributed by atoms with Gasteiger partial charge in [0.1, 0.15) is 6.10 Å². The molecule has 0 atom stereocenters. The van der Waals surface area contributed by atoms with Gasteiger partial charge in [0, 0.05) is 38.1 Å². The molecule has 0 spiro atoms. The lowest BCUT2D eigenvalue weighted by Gasteiger charge is -2.13. The zero-order chi connectivity index (χ0) is 25.8. The first-order valence-electron chi connectivity index (χ1n) is 11.0. The van der Waals surface area contributed by atoms with E-state index in [2.05, 4.69) is 10.3 Å². The normalized spacial score (nSPS) is 11.1. The summed E-state index contributed by atoms with van der Waals surface area (Å²) in [6.07, 6.45) is 1.73. The Hall–Kier alpha value is -3.51. The number of amides is 2. The van der Waals surface area contributed by atoms with Crippen LogP contribution in [-0.4, -0.2) is 57.7 Å². The van der Waals surface area contributed by atoms with Gasteiger partial charge in [0.25, 0.3) is 21.8 Å². The van der Waals surface area contributed by atoms with E-state index in [4.69, 9.17) is 14.2 Å². The number of carbonyl (C=O) groups excluding carboxylic acids is 3. The van der Waals surface area contributed by atoms with Crippen LogP contribution in [0, 0.1) is 0 Å². The Morgan fingerprint density at radius 3 is 2.40 bits per heavy atom. The van der Waals surface area contributed by atoms with Gasteiger partial charge >= 0.3 is 6.16 Å².